The van der Waals surface area contributed by atoms with Crippen molar-refractivity contribution in [2.24, 2.45) is 5.41 Å². The molecule has 54 heavy (non-hydrogen) atoms. The van der Waals surface area contributed by atoms with Crippen LogP contribution in [0.4, 0.5) is 24.8 Å². The summed E-state index contributed by atoms with van der Waals surface area (Å²) in [5, 5.41) is 2.68. The predicted molar refractivity (Wildman–Crippen MR) is 195 cm³/mol. The quantitative estimate of drug-likeness (QED) is 0.148. The number of alkyl halides is 3. The molecule has 3 N–H and O–H groups in total. The minimum absolute atomic E-state index is 0.00348. The number of carbonyl (C=O) groups excluding carboxylic acids is 2. The molecule has 1 aliphatic rings. The molecule has 15 nitrogen and oxygen atoms in total. The van der Waals surface area contributed by atoms with E-state index in [9.17, 15) is 31.2 Å². The second kappa shape index (κ2) is 16.6. The number of aryl methyl sites for hydroxylation is 1. The number of carbonyl (C=O) groups is 2. The number of nitrogens with zero attached hydrogens (tertiary/aromatic N) is 6. The zero-order valence-corrected chi connectivity index (χ0v) is 31.5. The van der Waals surface area contributed by atoms with Gasteiger partial charge in [-0.3, -0.25) is 19.9 Å². The van der Waals surface area contributed by atoms with Crippen molar-refractivity contribution < 1.29 is 40.7 Å². The molecule has 0 spiro atoms. The fraction of sp³-hybridized carbons (Fsp3) is 0.486. The number of halogens is 3. The number of H-pyrrole nitrogens is 1. The first-order chi connectivity index (χ1) is 25.5. The maximum Gasteiger partial charge on any atom is 0.421 e. The molecule has 1 saturated carbocycles. The minimum atomic E-state index is -4.73. The van der Waals surface area contributed by atoms with Gasteiger partial charge in [-0.25, -0.2) is 14.7 Å². The summed E-state index contributed by atoms with van der Waals surface area (Å²) in [6, 6.07) is 5.67. The molecule has 0 radical (unpaired) electrons. The maximum atomic E-state index is 14.1. The fourth-order valence-electron chi connectivity index (χ4n) is 6.49. The molecule has 0 aromatic carbocycles. The topological polar surface area (TPSA) is 185 Å². The molecule has 2 amide bonds. The lowest BCUT2D eigenvalue weighted by Gasteiger charge is -2.40. The van der Waals surface area contributed by atoms with Crippen molar-refractivity contribution in [3.8, 4) is 17.1 Å². The highest BCUT2D eigenvalue weighted by atomic mass is 32.2. The van der Waals surface area contributed by atoms with Gasteiger partial charge in [-0.1, -0.05) is 25.3 Å². The molecule has 0 unspecified atom stereocenters. The monoisotopic (exact) mass is 775 g/mol. The minimum Gasteiger partial charge on any atom is -0.478 e. The lowest BCUT2D eigenvalue weighted by atomic mass is 9.74. The van der Waals surface area contributed by atoms with Crippen LogP contribution in [-0.4, -0.2) is 97.5 Å². The van der Waals surface area contributed by atoms with E-state index in [-0.39, 0.29) is 53.4 Å². The van der Waals surface area contributed by atoms with E-state index in [0.29, 0.717) is 29.9 Å². The van der Waals surface area contributed by atoms with E-state index >= 15 is 0 Å². The molecule has 0 atom stereocenters. The van der Waals surface area contributed by atoms with Crippen molar-refractivity contribution >= 4 is 44.8 Å². The van der Waals surface area contributed by atoms with E-state index in [2.05, 4.69) is 30.2 Å². The Morgan fingerprint density at radius 3 is 2.41 bits per heavy atom. The number of rotatable bonds is 15. The number of hydrogen-bond acceptors (Lipinski definition) is 11. The zero-order valence-electron chi connectivity index (χ0n) is 30.7. The molecule has 19 heteroatoms. The van der Waals surface area contributed by atoms with Gasteiger partial charge in [0.05, 0.1) is 24.6 Å². The number of nitrogens with one attached hydrogen (secondary N) is 3. The molecule has 0 saturated heterocycles. The Hall–Kier alpha value is -4.88. The Bertz CT molecular complexity index is 2060. The Morgan fingerprint density at radius 1 is 1.04 bits per heavy atom. The fourth-order valence-corrected chi connectivity index (χ4v) is 7.07. The highest BCUT2D eigenvalue weighted by molar-refractivity contribution is 7.87. The molecule has 292 valence electrons. The van der Waals surface area contributed by atoms with Crippen molar-refractivity contribution in [1.29, 1.82) is 0 Å². The molecule has 5 rings (SSSR count). The van der Waals surface area contributed by atoms with E-state index < -0.39 is 39.6 Å². The summed E-state index contributed by atoms with van der Waals surface area (Å²) in [5.41, 5.74) is 0.922. The van der Waals surface area contributed by atoms with Gasteiger partial charge in [-0.2, -0.15) is 30.9 Å². The first kappa shape index (κ1) is 40.3. The molecule has 4 aromatic heterocycles. The smallest absolute Gasteiger partial charge is 0.421 e. The molecular formula is C35H44F3N9O6S. The summed E-state index contributed by atoms with van der Waals surface area (Å²) in [4.78, 5) is 47.7. The van der Waals surface area contributed by atoms with E-state index in [0.717, 1.165) is 42.5 Å². The van der Waals surface area contributed by atoms with Crippen LogP contribution in [0.15, 0.2) is 36.7 Å². The van der Waals surface area contributed by atoms with Gasteiger partial charge in [-0.05, 0) is 49.9 Å². The van der Waals surface area contributed by atoms with Crippen LogP contribution in [0.25, 0.3) is 22.4 Å². The van der Waals surface area contributed by atoms with Gasteiger partial charge >= 0.3 is 16.4 Å². The third-order valence-corrected chi connectivity index (χ3v) is 10.6. The second-order valence-electron chi connectivity index (χ2n) is 13.5. The van der Waals surface area contributed by atoms with Crippen LogP contribution in [0.1, 0.15) is 67.1 Å². The van der Waals surface area contributed by atoms with Crippen LogP contribution in [0.5, 0.6) is 5.88 Å². The van der Waals surface area contributed by atoms with Crippen LogP contribution in [0, 0.1) is 5.41 Å². The summed E-state index contributed by atoms with van der Waals surface area (Å²) in [7, 11) is 2.24. The maximum absolute atomic E-state index is 14.1. The summed E-state index contributed by atoms with van der Waals surface area (Å²) < 4.78 is 79.6. The molecule has 0 aliphatic heterocycles. The number of imidazole rings is 1. The average Bonchev–Trinajstić information content (AvgIpc) is 3.52. The van der Waals surface area contributed by atoms with E-state index in [1.807, 2.05) is 16.7 Å². The van der Waals surface area contributed by atoms with Gasteiger partial charge < -0.3 is 19.4 Å². The van der Waals surface area contributed by atoms with Gasteiger partial charge in [0, 0.05) is 64.6 Å². The number of pyridine rings is 3. The van der Waals surface area contributed by atoms with Crippen LogP contribution in [0.3, 0.4) is 0 Å². The molecule has 4 aromatic rings. The lowest BCUT2D eigenvalue weighted by Crippen LogP contribution is -2.40. The first-order valence-corrected chi connectivity index (χ1v) is 18.8. The van der Waals surface area contributed by atoms with Gasteiger partial charge in [0.15, 0.2) is 5.65 Å². The summed E-state index contributed by atoms with van der Waals surface area (Å²) in [6.07, 6.45) is 3.14. The van der Waals surface area contributed by atoms with Crippen LogP contribution in [0.2, 0.25) is 0 Å². The number of methoxy groups -OCH3 is 1. The number of amides is 2. The van der Waals surface area contributed by atoms with E-state index in [4.69, 9.17) is 9.47 Å². The van der Waals surface area contributed by atoms with Crippen LogP contribution in [-0.2, 0) is 32.3 Å². The molecule has 4 heterocycles. The lowest BCUT2D eigenvalue weighted by molar-refractivity contribution is -0.139. The van der Waals surface area contributed by atoms with Gasteiger partial charge in [0.25, 0.3) is 5.91 Å². The van der Waals surface area contributed by atoms with Gasteiger partial charge in [0.1, 0.15) is 16.8 Å². The molecule has 1 aliphatic carbocycles. The Kier molecular flexibility index (Phi) is 12.4. The third kappa shape index (κ3) is 9.61. The standard InChI is InChI=1S/C35H44F3N9O6S/c1-6-53-32-24(35(36,37)38)16-23(19-40-32)26-17-27(47(4)20-34(21-52-5)14-8-7-9-15-34)29-30(41-26)43-33(42-29)44-31(49)25-12-10-22(18-39-25)11-13-28(48)45-54(50,51)46(2)3/h10,12,16-19H,6-9,11,13-15,20-21H2,1-5H3,(H,45,48)(H2,41,42,43,44,49). The number of hydrogen-bond donors (Lipinski definition) is 3. The summed E-state index contributed by atoms with van der Waals surface area (Å²) in [6.45, 7) is 2.70. The normalized spacial score (nSPS) is 14.6. The second-order valence-corrected chi connectivity index (χ2v) is 15.4. The highest BCUT2D eigenvalue weighted by Crippen LogP contribution is 2.41. The molecule has 1 fully saturated rings. The number of aromatic amines is 1. The Balaban J connectivity index is 1.43. The van der Waals surface area contributed by atoms with Crippen molar-refractivity contribution in [3.05, 3.63) is 53.5 Å². The number of fused-ring (bicyclic) bond motifs is 1. The zero-order chi connectivity index (χ0) is 39.3. The number of ether oxygens (including phenoxy) is 2. The first-order valence-electron chi connectivity index (χ1n) is 17.3. The third-order valence-electron chi connectivity index (χ3n) is 9.18. The average molecular weight is 776 g/mol. The summed E-state index contributed by atoms with van der Waals surface area (Å²) in [5.74, 6) is -1.80. The van der Waals surface area contributed by atoms with Crippen LogP contribution >= 0.6 is 0 Å². The predicted octanol–water partition coefficient (Wildman–Crippen LogP) is 4.97. The van der Waals surface area contributed by atoms with E-state index in [1.54, 1.807) is 26.2 Å². The van der Waals surface area contributed by atoms with Crippen molar-refractivity contribution in [3.63, 3.8) is 0 Å². The highest BCUT2D eigenvalue weighted by Gasteiger charge is 2.37. The molecular weight excluding hydrogens is 732 g/mol. The summed E-state index contributed by atoms with van der Waals surface area (Å²) >= 11 is 0. The molecule has 0 bridgehead atoms. The largest absolute Gasteiger partial charge is 0.478 e. The Labute approximate surface area is 311 Å². The Morgan fingerprint density at radius 2 is 1.78 bits per heavy atom. The van der Waals surface area contributed by atoms with E-state index in [1.165, 1.54) is 32.6 Å². The van der Waals surface area contributed by atoms with Crippen LogP contribution < -0.4 is 19.7 Å². The SMILES string of the molecule is CCOc1ncc(-c2cc(N(C)CC3(COC)CCCCC3)c3[nH]c(NC(=O)c4ccc(CCC(=O)NS(=O)(=O)N(C)C)cn4)nc3n2)cc1C(F)(F)F. The number of anilines is 2. The van der Waals surface area contributed by atoms with Crippen molar-refractivity contribution in [2.45, 2.75) is 58.0 Å². The number of aromatic nitrogens is 5. The van der Waals surface area contributed by atoms with Crippen molar-refractivity contribution in [1.82, 2.24) is 33.9 Å². The van der Waals surface area contributed by atoms with Gasteiger partial charge in [0.2, 0.25) is 17.7 Å². The van der Waals surface area contributed by atoms with Crippen molar-refractivity contribution in [2.75, 3.05) is 58.2 Å². The van der Waals surface area contributed by atoms with Gasteiger partial charge in [-0.15, -0.1) is 0 Å².